The molecule has 5 rings (SSSR count). The summed E-state index contributed by atoms with van der Waals surface area (Å²) in [6.45, 7) is 7.49. The highest BCUT2D eigenvalue weighted by Gasteiger charge is 2.33. The van der Waals surface area contributed by atoms with Crippen LogP contribution < -0.4 is 5.32 Å². The Morgan fingerprint density at radius 2 is 1.93 bits per heavy atom. The van der Waals surface area contributed by atoms with Gasteiger partial charge >= 0.3 is 5.97 Å². The van der Waals surface area contributed by atoms with E-state index in [2.05, 4.69) is 15.4 Å². The van der Waals surface area contributed by atoms with Crippen molar-refractivity contribution in [2.75, 3.05) is 7.05 Å². The summed E-state index contributed by atoms with van der Waals surface area (Å²) in [5.74, 6) is -1.76. The molecule has 0 spiro atoms. The van der Waals surface area contributed by atoms with E-state index in [1.54, 1.807) is 24.1 Å². The summed E-state index contributed by atoms with van der Waals surface area (Å²) >= 11 is 5.85. The molecule has 9 nitrogen and oxygen atoms in total. The molecule has 0 radical (unpaired) electrons. The van der Waals surface area contributed by atoms with Gasteiger partial charge in [-0.2, -0.15) is 5.10 Å². The number of nitrogens with one attached hydrogen (secondary N) is 1. The fourth-order valence-electron chi connectivity index (χ4n) is 5.24. The molecule has 2 aromatic heterocycles. The van der Waals surface area contributed by atoms with E-state index in [1.807, 2.05) is 33.8 Å². The second kappa shape index (κ2) is 11.2. The summed E-state index contributed by atoms with van der Waals surface area (Å²) in [6, 6.07) is 10.6. The number of amides is 2. The lowest BCUT2D eigenvalue weighted by atomic mass is 9.97. The third-order valence-corrected chi connectivity index (χ3v) is 7.61. The van der Waals surface area contributed by atoms with Crippen LogP contribution >= 0.6 is 11.6 Å². The highest BCUT2D eigenvalue weighted by Crippen LogP contribution is 2.38. The summed E-state index contributed by atoms with van der Waals surface area (Å²) in [6.07, 6.45) is 2.89. The smallest absolute Gasteiger partial charge is 0.338 e. The molecule has 2 heterocycles. The fourth-order valence-corrected chi connectivity index (χ4v) is 5.44. The number of carbonyl (C=O) groups is 3. The molecule has 1 atom stereocenters. The number of esters is 1. The van der Waals surface area contributed by atoms with Gasteiger partial charge in [0.05, 0.1) is 22.8 Å². The van der Waals surface area contributed by atoms with Gasteiger partial charge in [-0.05, 0) is 81.0 Å². The van der Waals surface area contributed by atoms with Crippen molar-refractivity contribution in [3.05, 3.63) is 98.7 Å². The summed E-state index contributed by atoms with van der Waals surface area (Å²) in [4.78, 5) is 45.7. The van der Waals surface area contributed by atoms with Gasteiger partial charge in [0.2, 0.25) is 0 Å². The van der Waals surface area contributed by atoms with E-state index in [4.69, 9.17) is 16.3 Å². The quantitative estimate of drug-likeness (QED) is 0.298. The van der Waals surface area contributed by atoms with Crippen LogP contribution in [0.25, 0.3) is 5.65 Å². The molecule has 1 aliphatic rings. The van der Waals surface area contributed by atoms with Crippen molar-refractivity contribution in [1.29, 1.82) is 0 Å². The van der Waals surface area contributed by atoms with Gasteiger partial charge in [0.15, 0.2) is 5.65 Å². The lowest BCUT2D eigenvalue weighted by molar-refractivity contribution is 0.00683. The molecule has 0 saturated heterocycles. The van der Waals surface area contributed by atoms with Crippen molar-refractivity contribution in [2.45, 2.75) is 58.7 Å². The molecule has 0 unspecified atom stereocenters. The maximum atomic E-state index is 13.9. The second-order valence-corrected chi connectivity index (χ2v) is 11.7. The zero-order valence-electron chi connectivity index (χ0n) is 24.0. The molecule has 1 N–H and O–H groups in total. The van der Waals surface area contributed by atoms with E-state index in [-0.39, 0.29) is 40.9 Å². The van der Waals surface area contributed by atoms with Crippen LogP contribution in [0.3, 0.4) is 0 Å². The fraction of sp³-hybridized carbons (Fsp3) is 0.323. The van der Waals surface area contributed by atoms with E-state index < -0.39 is 17.3 Å². The molecule has 1 aliphatic carbocycles. The Labute approximate surface area is 247 Å². The standard InChI is InChI=1S/C31H31ClFN5O4/c1-17-19-9-11-25(21(19)8-7-20(17)30(41)42-31(2,3)4)37(5)29(40)26-15-24(36-27-12-13-35-38(26)27)28(39)34-16-18-6-10-23(33)22(32)14-18/h6-8,10,12-15,25H,9,11,16H2,1-5H3,(H,34,39)/t25-/m0/s1. The summed E-state index contributed by atoms with van der Waals surface area (Å²) in [7, 11) is 1.72. The third kappa shape index (κ3) is 5.72. The van der Waals surface area contributed by atoms with Crippen LogP contribution in [0.4, 0.5) is 4.39 Å². The van der Waals surface area contributed by atoms with Crippen molar-refractivity contribution in [3.8, 4) is 0 Å². The Morgan fingerprint density at radius 3 is 2.64 bits per heavy atom. The van der Waals surface area contributed by atoms with Crippen LogP contribution in [0.2, 0.25) is 5.02 Å². The first-order valence-corrected chi connectivity index (χ1v) is 13.9. The van der Waals surface area contributed by atoms with Crippen LogP contribution in [-0.4, -0.2) is 49.9 Å². The molecular formula is C31H31ClFN5O4. The minimum atomic E-state index is -0.607. The van der Waals surface area contributed by atoms with Crippen LogP contribution in [0.1, 0.15) is 86.8 Å². The molecule has 11 heteroatoms. The van der Waals surface area contributed by atoms with E-state index in [1.165, 1.54) is 35.0 Å². The van der Waals surface area contributed by atoms with Gasteiger partial charge in [-0.15, -0.1) is 0 Å². The molecule has 0 aliphatic heterocycles. The van der Waals surface area contributed by atoms with Gasteiger partial charge in [-0.3, -0.25) is 9.59 Å². The van der Waals surface area contributed by atoms with Gasteiger partial charge in [-0.1, -0.05) is 23.7 Å². The largest absolute Gasteiger partial charge is 0.456 e. The average Bonchev–Trinajstić information content (AvgIpc) is 3.59. The Bertz CT molecular complexity index is 1730. The zero-order chi connectivity index (χ0) is 30.3. The van der Waals surface area contributed by atoms with Crippen molar-refractivity contribution in [1.82, 2.24) is 24.8 Å². The number of carbonyl (C=O) groups excluding carboxylic acids is 3. The number of ether oxygens (including phenoxy) is 1. The maximum absolute atomic E-state index is 13.9. The molecule has 2 amide bonds. The zero-order valence-corrected chi connectivity index (χ0v) is 24.8. The Hall–Kier alpha value is -4.31. The van der Waals surface area contributed by atoms with Crippen molar-refractivity contribution >= 4 is 35.0 Å². The van der Waals surface area contributed by atoms with Crippen molar-refractivity contribution in [2.24, 2.45) is 0 Å². The van der Waals surface area contributed by atoms with Gasteiger partial charge in [0.25, 0.3) is 11.8 Å². The first-order chi connectivity index (χ1) is 19.8. The molecule has 0 bridgehead atoms. The summed E-state index contributed by atoms with van der Waals surface area (Å²) < 4.78 is 20.5. The monoisotopic (exact) mass is 591 g/mol. The predicted molar refractivity (Wildman–Crippen MR) is 155 cm³/mol. The molecule has 4 aromatic rings. The van der Waals surface area contributed by atoms with E-state index >= 15 is 0 Å². The maximum Gasteiger partial charge on any atom is 0.338 e. The van der Waals surface area contributed by atoms with Crippen LogP contribution in [0, 0.1) is 12.7 Å². The Kier molecular flexibility index (Phi) is 7.76. The van der Waals surface area contributed by atoms with Crippen LogP contribution in [0.5, 0.6) is 0 Å². The third-order valence-electron chi connectivity index (χ3n) is 7.32. The molecule has 0 saturated carbocycles. The number of nitrogens with zero attached hydrogens (tertiary/aromatic N) is 4. The SMILES string of the molecule is Cc1c(C(=O)OC(C)(C)C)ccc2c1CC[C@@H]2N(C)C(=O)c1cc(C(=O)NCc2ccc(F)c(Cl)c2)nc2ccnn12. The number of aromatic nitrogens is 3. The van der Waals surface area contributed by atoms with Gasteiger partial charge < -0.3 is 15.0 Å². The molecule has 218 valence electrons. The van der Waals surface area contributed by atoms with Gasteiger partial charge in [-0.25, -0.2) is 18.7 Å². The van der Waals surface area contributed by atoms with Gasteiger partial charge in [0.1, 0.15) is 22.8 Å². The number of rotatable bonds is 6. The van der Waals surface area contributed by atoms with E-state index in [0.717, 1.165) is 16.7 Å². The Morgan fingerprint density at radius 1 is 1.17 bits per heavy atom. The first-order valence-electron chi connectivity index (χ1n) is 13.5. The topological polar surface area (TPSA) is 106 Å². The molecule has 42 heavy (non-hydrogen) atoms. The number of hydrogen-bond acceptors (Lipinski definition) is 6. The number of fused-ring (bicyclic) bond motifs is 2. The Balaban J connectivity index is 1.39. The molecule has 2 aromatic carbocycles. The van der Waals surface area contributed by atoms with Crippen molar-refractivity contribution < 1.29 is 23.5 Å². The average molecular weight is 592 g/mol. The van der Waals surface area contributed by atoms with Crippen LogP contribution in [0.15, 0.2) is 48.7 Å². The van der Waals surface area contributed by atoms with Gasteiger partial charge in [0, 0.05) is 25.7 Å². The number of benzene rings is 2. The minimum Gasteiger partial charge on any atom is -0.456 e. The lowest BCUT2D eigenvalue weighted by Gasteiger charge is -2.26. The van der Waals surface area contributed by atoms with E-state index in [0.29, 0.717) is 29.6 Å². The highest BCUT2D eigenvalue weighted by molar-refractivity contribution is 6.30. The minimum absolute atomic E-state index is 0.0395. The van der Waals surface area contributed by atoms with Crippen molar-refractivity contribution in [3.63, 3.8) is 0 Å². The van der Waals surface area contributed by atoms with E-state index in [9.17, 15) is 18.8 Å². The summed E-state index contributed by atoms with van der Waals surface area (Å²) in [5, 5.41) is 6.95. The first kappa shape index (κ1) is 29.2. The van der Waals surface area contributed by atoms with Crippen LogP contribution in [-0.2, 0) is 17.7 Å². The summed E-state index contributed by atoms with van der Waals surface area (Å²) in [5.41, 5.74) is 3.94. The second-order valence-electron chi connectivity index (χ2n) is 11.3. The molecule has 0 fully saturated rings. The normalized spacial score (nSPS) is 14.5. The highest BCUT2D eigenvalue weighted by atomic mass is 35.5. The lowest BCUT2D eigenvalue weighted by Crippen LogP contribution is -2.32. The number of hydrogen-bond donors (Lipinski definition) is 1. The predicted octanol–water partition coefficient (Wildman–Crippen LogP) is 5.48. The number of halogens is 2. The molecular weight excluding hydrogens is 561 g/mol.